The van der Waals surface area contributed by atoms with Crippen molar-refractivity contribution in [1.29, 1.82) is 0 Å². The lowest BCUT2D eigenvalue weighted by Gasteiger charge is -2.09. The van der Waals surface area contributed by atoms with Crippen molar-refractivity contribution in [1.82, 2.24) is 10.3 Å². The van der Waals surface area contributed by atoms with Crippen LogP contribution in [0.25, 0.3) is 0 Å². The molecule has 0 unspecified atom stereocenters. The van der Waals surface area contributed by atoms with E-state index in [4.69, 9.17) is 0 Å². The Morgan fingerprint density at radius 3 is 2.66 bits per heavy atom. The van der Waals surface area contributed by atoms with E-state index in [2.05, 4.69) is 15.6 Å². The minimum atomic E-state index is -0.488. The minimum Gasteiger partial charge on any atom is -0.352 e. The zero-order valence-electron chi connectivity index (χ0n) is 16.1. The lowest BCUT2D eigenvalue weighted by Crippen LogP contribution is -2.24. The Labute approximate surface area is 173 Å². The van der Waals surface area contributed by atoms with E-state index in [9.17, 15) is 14.9 Å². The summed E-state index contributed by atoms with van der Waals surface area (Å²) >= 11 is 1.65. The third-order valence-corrected chi connectivity index (χ3v) is 5.31. The third-order valence-electron chi connectivity index (χ3n) is 4.28. The molecule has 0 fully saturated rings. The van der Waals surface area contributed by atoms with E-state index in [0.29, 0.717) is 12.2 Å². The number of hydrogen-bond acceptors (Lipinski definition) is 6. The molecule has 7 nitrogen and oxygen atoms in total. The molecule has 0 aliphatic carbocycles. The number of thiazole rings is 1. The molecule has 0 saturated heterocycles. The Morgan fingerprint density at radius 2 is 1.97 bits per heavy atom. The molecule has 3 aromatic rings. The van der Waals surface area contributed by atoms with Crippen LogP contribution in [0.3, 0.4) is 0 Å². The summed E-state index contributed by atoms with van der Waals surface area (Å²) in [5.74, 6) is -0.315. The van der Waals surface area contributed by atoms with Crippen LogP contribution < -0.4 is 10.6 Å². The van der Waals surface area contributed by atoms with E-state index in [1.54, 1.807) is 23.5 Å². The van der Waals surface area contributed by atoms with Gasteiger partial charge in [0, 0.05) is 34.9 Å². The van der Waals surface area contributed by atoms with Gasteiger partial charge in [0.25, 0.3) is 11.6 Å². The molecular formula is C21H22N4O3S. The van der Waals surface area contributed by atoms with Gasteiger partial charge >= 0.3 is 0 Å². The summed E-state index contributed by atoms with van der Waals surface area (Å²) in [4.78, 5) is 27.7. The number of aromatic nitrogens is 1. The highest BCUT2D eigenvalue weighted by Gasteiger charge is 2.17. The molecule has 0 aliphatic rings. The quantitative estimate of drug-likeness (QED) is 0.298. The standard InChI is InChI=1S/C21H22N4O3S/c1-15-14-29-20(23-15)9-5-6-12-22-21(26)16-10-11-18(19(13-16)25(27)28)24-17-7-3-2-4-8-17/h2-4,7-8,10-11,13-14,24H,5-6,9,12H2,1H3,(H,22,26). The van der Waals surface area contributed by atoms with Crippen LogP contribution in [-0.4, -0.2) is 22.4 Å². The molecule has 0 aliphatic heterocycles. The predicted molar refractivity (Wildman–Crippen MR) is 115 cm³/mol. The molecule has 1 aromatic heterocycles. The van der Waals surface area contributed by atoms with E-state index in [-0.39, 0.29) is 17.2 Å². The molecule has 0 saturated carbocycles. The summed E-state index contributed by atoms with van der Waals surface area (Å²) in [7, 11) is 0. The van der Waals surface area contributed by atoms with Crippen LogP contribution in [-0.2, 0) is 6.42 Å². The average Bonchev–Trinajstić information content (AvgIpc) is 3.13. The van der Waals surface area contributed by atoms with Crippen molar-refractivity contribution in [3.05, 3.63) is 80.3 Å². The van der Waals surface area contributed by atoms with Gasteiger partial charge in [-0.3, -0.25) is 14.9 Å². The molecule has 29 heavy (non-hydrogen) atoms. The number of para-hydroxylation sites is 1. The summed E-state index contributed by atoms with van der Waals surface area (Å²) in [5, 5.41) is 20.4. The lowest BCUT2D eigenvalue weighted by molar-refractivity contribution is -0.383. The summed E-state index contributed by atoms with van der Waals surface area (Å²) in [5.41, 5.74) is 2.25. The predicted octanol–water partition coefficient (Wildman–Crippen LogP) is 4.86. The molecule has 150 valence electrons. The second-order valence-electron chi connectivity index (χ2n) is 6.58. The van der Waals surface area contributed by atoms with Gasteiger partial charge in [-0.2, -0.15) is 0 Å². The minimum absolute atomic E-state index is 0.138. The van der Waals surface area contributed by atoms with Crippen LogP contribution in [0, 0.1) is 17.0 Å². The zero-order valence-corrected chi connectivity index (χ0v) is 16.9. The molecule has 0 spiro atoms. The Balaban J connectivity index is 1.55. The number of benzene rings is 2. The monoisotopic (exact) mass is 410 g/mol. The maximum absolute atomic E-state index is 12.4. The first-order valence-corrected chi connectivity index (χ1v) is 10.2. The molecular weight excluding hydrogens is 388 g/mol. The van der Waals surface area contributed by atoms with Crippen molar-refractivity contribution in [3.8, 4) is 0 Å². The highest BCUT2D eigenvalue weighted by Crippen LogP contribution is 2.28. The summed E-state index contributed by atoms with van der Waals surface area (Å²) in [6, 6.07) is 13.6. The second-order valence-corrected chi connectivity index (χ2v) is 7.52. The molecule has 1 amide bonds. The number of unbranched alkanes of at least 4 members (excludes halogenated alkanes) is 1. The third kappa shape index (κ3) is 5.86. The van der Waals surface area contributed by atoms with E-state index in [0.717, 1.165) is 35.7 Å². The Hall–Kier alpha value is -3.26. The number of anilines is 2. The van der Waals surface area contributed by atoms with Gasteiger partial charge in [0.2, 0.25) is 0 Å². The fraction of sp³-hybridized carbons (Fsp3) is 0.238. The van der Waals surface area contributed by atoms with Gasteiger partial charge in [-0.05, 0) is 50.5 Å². The number of hydrogen-bond donors (Lipinski definition) is 2. The van der Waals surface area contributed by atoms with Gasteiger partial charge in [-0.15, -0.1) is 11.3 Å². The SMILES string of the molecule is Cc1csc(CCCCNC(=O)c2ccc(Nc3ccccc3)c([N+](=O)[O-])c2)n1. The molecule has 1 heterocycles. The van der Waals surface area contributed by atoms with Crippen molar-refractivity contribution in [3.63, 3.8) is 0 Å². The molecule has 0 radical (unpaired) electrons. The molecule has 0 bridgehead atoms. The molecule has 2 N–H and O–H groups in total. The van der Waals surface area contributed by atoms with Crippen molar-refractivity contribution in [2.24, 2.45) is 0 Å². The Kier molecular flexibility index (Phi) is 6.91. The summed E-state index contributed by atoms with van der Waals surface area (Å²) in [6.07, 6.45) is 2.63. The molecule has 8 heteroatoms. The van der Waals surface area contributed by atoms with Gasteiger partial charge < -0.3 is 10.6 Å². The van der Waals surface area contributed by atoms with Gasteiger partial charge in [0.1, 0.15) is 5.69 Å². The lowest BCUT2D eigenvalue weighted by atomic mass is 10.1. The maximum atomic E-state index is 12.4. The van der Waals surface area contributed by atoms with Crippen LogP contribution in [0.15, 0.2) is 53.9 Å². The number of aryl methyl sites for hydroxylation is 2. The van der Waals surface area contributed by atoms with Crippen LogP contribution in [0.1, 0.15) is 33.9 Å². The summed E-state index contributed by atoms with van der Waals surface area (Å²) in [6.45, 7) is 2.49. The van der Waals surface area contributed by atoms with Crippen molar-refractivity contribution >= 4 is 34.3 Å². The number of amides is 1. The van der Waals surface area contributed by atoms with Crippen molar-refractivity contribution < 1.29 is 9.72 Å². The van der Waals surface area contributed by atoms with Gasteiger partial charge in [0.05, 0.1) is 9.93 Å². The van der Waals surface area contributed by atoms with Crippen molar-refractivity contribution in [2.75, 3.05) is 11.9 Å². The number of carbonyl (C=O) groups excluding carboxylic acids is 1. The number of nitrogens with zero attached hydrogens (tertiary/aromatic N) is 2. The fourth-order valence-corrected chi connectivity index (χ4v) is 3.65. The van der Waals surface area contributed by atoms with Gasteiger partial charge in [-0.1, -0.05) is 18.2 Å². The van der Waals surface area contributed by atoms with Crippen LogP contribution in [0.4, 0.5) is 17.1 Å². The smallest absolute Gasteiger partial charge is 0.293 e. The fourth-order valence-electron chi connectivity index (χ4n) is 2.83. The van der Waals surface area contributed by atoms with Gasteiger partial charge in [-0.25, -0.2) is 4.98 Å². The Bertz CT molecular complexity index is 989. The zero-order chi connectivity index (χ0) is 20.6. The second kappa shape index (κ2) is 9.79. The van der Waals surface area contributed by atoms with E-state index >= 15 is 0 Å². The molecule has 3 rings (SSSR count). The van der Waals surface area contributed by atoms with Crippen LogP contribution in [0.2, 0.25) is 0 Å². The topological polar surface area (TPSA) is 97.2 Å². The molecule has 0 atom stereocenters. The van der Waals surface area contributed by atoms with Crippen LogP contribution in [0.5, 0.6) is 0 Å². The highest BCUT2D eigenvalue weighted by atomic mass is 32.1. The molecule has 2 aromatic carbocycles. The number of carbonyl (C=O) groups is 1. The number of nitrogens with one attached hydrogen (secondary N) is 2. The van der Waals surface area contributed by atoms with E-state index < -0.39 is 4.92 Å². The Morgan fingerprint density at radius 1 is 1.17 bits per heavy atom. The number of rotatable bonds is 9. The summed E-state index contributed by atoms with van der Waals surface area (Å²) < 4.78 is 0. The van der Waals surface area contributed by atoms with E-state index in [1.807, 2.05) is 42.6 Å². The largest absolute Gasteiger partial charge is 0.352 e. The average molecular weight is 410 g/mol. The number of nitro benzene ring substituents is 1. The first-order chi connectivity index (χ1) is 14.0. The van der Waals surface area contributed by atoms with Crippen molar-refractivity contribution in [2.45, 2.75) is 26.2 Å². The van der Waals surface area contributed by atoms with E-state index in [1.165, 1.54) is 6.07 Å². The highest BCUT2D eigenvalue weighted by molar-refractivity contribution is 7.09. The normalized spacial score (nSPS) is 10.5. The number of nitro groups is 1. The first kappa shape index (κ1) is 20.5. The maximum Gasteiger partial charge on any atom is 0.293 e. The van der Waals surface area contributed by atoms with Crippen LogP contribution >= 0.6 is 11.3 Å². The van der Waals surface area contributed by atoms with Gasteiger partial charge in [0.15, 0.2) is 0 Å². The first-order valence-electron chi connectivity index (χ1n) is 9.32.